The Kier molecular flexibility index (Phi) is 4.12. The highest BCUT2D eigenvalue weighted by Crippen LogP contribution is 2.25. The highest BCUT2D eigenvalue weighted by Gasteiger charge is 2.14. The minimum atomic E-state index is -0.149. The minimum Gasteiger partial charge on any atom is -0.411 e. The summed E-state index contributed by atoms with van der Waals surface area (Å²) in [6.45, 7) is 0. The van der Waals surface area contributed by atoms with E-state index in [-0.39, 0.29) is 10.3 Å². The van der Waals surface area contributed by atoms with Gasteiger partial charge in [0.05, 0.1) is 5.56 Å². The summed E-state index contributed by atoms with van der Waals surface area (Å²) in [7, 11) is 0. The quantitative estimate of drug-likeness (QED) is 0.660. The van der Waals surface area contributed by atoms with Crippen molar-refractivity contribution in [1.82, 2.24) is 15.2 Å². The molecule has 0 unspecified atom stereocenters. The average molecular weight is 362 g/mol. The molecular weight excluding hydrogens is 354 g/mol. The van der Waals surface area contributed by atoms with Gasteiger partial charge in [0, 0.05) is 34.2 Å². The molecule has 0 saturated heterocycles. The number of carbonyl (C=O) groups excluding carboxylic acids is 1. The Labute approximate surface area is 132 Å². The lowest BCUT2D eigenvalue weighted by Crippen LogP contribution is -1.92. The van der Waals surface area contributed by atoms with E-state index >= 15 is 0 Å². The van der Waals surface area contributed by atoms with Crippen molar-refractivity contribution >= 4 is 32.8 Å². The standard InChI is InChI=1S/C14H8BrN3O2S/c15-11-5-3-9(4-6-11)13(19)21-14-18-17-12(20-14)10-2-1-7-16-8-10/h1-8H. The molecule has 7 heteroatoms. The monoisotopic (exact) mass is 361 g/mol. The number of halogens is 1. The number of pyridine rings is 1. The van der Waals surface area contributed by atoms with Crippen molar-refractivity contribution in [3.8, 4) is 11.5 Å². The Balaban J connectivity index is 1.75. The van der Waals surface area contributed by atoms with Crippen LogP contribution in [0, 0.1) is 0 Å². The van der Waals surface area contributed by atoms with Crippen LogP contribution in [-0.4, -0.2) is 20.3 Å². The molecule has 1 aromatic carbocycles. The van der Waals surface area contributed by atoms with Crippen LogP contribution in [0.2, 0.25) is 0 Å². The third-order valence-corrected chi connectivity index (χ3v) is 3.86. The molecule has 2 heterocycles. The molecule has 104 valence electrons. The Morgan fingerprint density at radius 1 is 1.14 bits per heavy atom. The van der Waals surface area contributed by atoms with E-state index in [2.05, 4.69) is 31.1 Å². The van der Waals surface area contributed by atoms with Gasteiger partial charge in [-0.25, -0.2) is 0 Å². The lowest BCUT2D eigenvalue weighted by molar-refractivity contribution is 0.108. The number of hydrogen-bond donors (Lipinski definition) is 0. The van der Waals surface area contributed by atoms with Gasteiger partial charge in [0.1, 0.15) is 0 Å². The predicted molar refractivity (Wildman–Crippen MR) is 81.9 cm³/mol. The zero-order valence-corrected chi connectivity index (χ0v) is 13.0. The minimum absolute atomic E-state index is 0.149. The van der Waals surface area contributed by atoms with E-state index in [1.807, 2.05) is 18.2 Å². The molecule has 0 aliphatic rings. The van der Waals surface area contributed by atoms with Crippen LogP contribution < -0.4 is 0 Å². The van der Waals surface area contributed by atoms with Crippen LogP contribution in [0.4, 0.5) is 0 Å². The highest BCUT2D eigenvalue weighted by atomic mass is 79.9. The van der Waals surface area contributed by atoms with Gasteiger partial charge in [0.15, 0.2) is 0 Å². The summed E-state index contributed by atoms with van der Waals surface area (Å²) in [5, 5.41) is 7.83. The van der Waals surface area contributed by atoms with Crippen molar-refractivity contribution in [2.24, 2.45) is 0 Å². The van der Waals surface area contributed by atoms with E-state index in [1.165, 1.54) is 0 Å². The van der Waals surface area contributed by atoms with Crippen molar-refractivity contribution in [2.45, 2.75) is 5.22 Å². The molecular formula is C14H8BrN3O2S. The first-order valence-electron chi connectivity index (χ1n) is 5.94. The first-order chi connectivity index (χ1) is 10.2. The van der Waals surface area contributed by atoms with Crippen molar-refractivity contribution < 1.29 is 9.21 Å². The normalized spacial score (nSPS) is 10.5. The smallest absolute Gasteiger partial charge is 0.284 e. The van der Waals surface area contributed by atoms with Gasteiger partial charge >= 0.3 is 0 Å². The van der Waals surface area contributed by atoms with Crippen LogP contribution in [-0.2, 0) is 0 Å². The summed E-state index contributed by atoms with van der Waals surface area (Å²) in [6, 6.07) is 10.7. The first-order valence-corrected chi connectivity index (χ1v) is 7.55. The second-order valence-corrected chi connectivity index (χ2v) is 5.85. The zero-order chi connectivity index (χ0) is 14.7. The van der Waals surface area contributed by atoms with E-state index in [0.717, 1.165) is 16.2 Å². The molecule has 0 bridgehead atoms. The van der Waals surface area contributed by atoms with E-state index in [1.54, 1.807) is 30.6 Å². The third kappa shape index (κ3) is 3.37. The molecule has 0 aliphatic carbocycles. The van der Waals surface area contributed by atoms with Crippen molar-refractivity contribution in [1.29, 1.82) is 0 Å². The second kappa shape index (κ2) is 6.19. The van der Waals surface area contributed by atoms with Crippen LogP contribution in [0.5, 0.6) is 0 Å². The number of carbonyl (C=O) groups is 1. The van der Waals surface area contributed by atoms with Crippen molar-refractivity contribution in [3.63, 3.8) is 0 Å². The van der Waals surface area contributed by atoms with Crippen LogP contribution in [0.25, 0.3) is 11.5 Å². The number of benzene rings is 1. The molecule has 0 radical (unpaired) electrons. The Morgan fingerprint density at radius 2 is 1.95 bits per heavy atom. The van der Waals surface area contributed by atoms with Gasteiger partial charge in [0.2, 0.25) is 11.0 Å². The van der Waals surface area contributed by atoms with Crippen LogP contribution in [0.15, 0.2) is 62.9 Å². The van der Waals surface area contributed by atoms with Crippen LogP contribution >= 0.6 is 27.7 Å². The average Bonchev–Trinajstić information content (AvgIpc) is 2.97. The second-order valence-electron chi connectivity index (χ2n) is 4.01. The summed E-state index contributed by atoms with van der Waals surface area (Å²) in [6.07, 6.45) is 3.28. The molecule has 2 aromatic heterocycles. The van der Waals surface area contributed by atoms with Gasteiger partial charge in [-0.3, -0.25) is 9.78 Å². The summed E-state index contributed by atoms with van der Waals surface area (Å²) in [5.41, 5.74) is 1.29. The first kappa shape index (κ1) is 14.0. The SMILES string of the molecule is O=C(Sc1nnc(-c2cccnc2)o1)c1ccc(Br)cc1. The van der Waals surface area contributed by atoms with E-state index in [4.69, 9.17) is 4.42 Å². The third-order valence-electron chi connectivity index (χ3n) is 2.57. The summed E-state index contributed by atoms with van der Waals surface area (Å²) in [5.74, 6) is 0.342. The fraction of sp³-hybridized carbons (Fsp3) is 0. The molecule has 0 fully saturated rings. The largest absolute Gasteiger partial charge is 0.411 e. The molecule has 21 heavy (non-hydrogen) atoms. The number of nitrogens with zero attached hydrogens (tertiary/aromatic N) is 3. The van der Waals surface area contributed by atoms with Crippen LogP contribution in [0.3, 0.4) is 0 Å². The maximum absolute atomic E-state index is 12.1. The highest BCUT2D eigenvalue weighted by molar-refractivity contribution is 9.10. The molecule has 0 aliphatic heterocycles. The number of thioether (sulfide) groups is 1. The van der Waals surface area contributed by atoms with Gasteiger partial charge in [-0.2, -0.15) is 0 Å². The van der Waals surface area contributed by atoms with Gasteiger partial charge in [0.25, 0.3) is 5.22 Å². The van der Waals surface area contributed by atoms with Gasteiger partial charge in [-0.05, 0) is 36.4 Å². The number of aromatic nitrogens is 3. The molecule has 3 rings (SSSR count). The Morgan fingerprint density at radius 3 is 2.67 bits per heavy atom. The maximum Gasteiger partial charge on any atom is 0.284 e. The number of hydrogen-bond acceptors (Lipinski definition) is 6. The van der Waals surface area contributed by atoms with Gasteiger partial charge in [-0.1, -0.05) is 15.9 Å². The van der Waals surface area contributed by atoms with Crippen molar-refractivity contribution in [3.05, 3.63) is 58.8 Å². The molecule has 0 saturated carbocycles. The molecule has 0 amide bonds. The summed E-state index contributed by atoms with van der Waals surface area (Å²) in [4.78, 5) is 16.1. The molecule has 0 N–H and O–H groups in total. The zero-order valence-electron chi connectivity index (χ0n) is 10.6. The predicted octanol–water partition coefficient (Wildman–Crippen LogP) is 3.83. The van der Waals surface area contributed by atoms with E-state index in [0.29, 0.717) is 17.0 Å². The summed E-state index contributed by atoms with van der Waals surface area (Å²) >= 11 is 4.23. The maximum atomic E-state index is 12.1. The number of rotatable bonds is 3. The lowest BCUT2D eigenvalue weighted by Gasteiger charge is -1.97. The lowest BCUT2D eigenvalue weighted by atomic mass is 10.2. The fourth-order valence-electron chi connectivity index (χ4n) is 1.58. The molecule has 0 spiro atoms. The van der Waals surface area contributed by atoms with Crippen molar-refractivity contribution in [2.75, 3.05) is 0 Å². The fourth-order valence-corrected chi connectivity index (χ4v) is 2.46. The molecule has 5 nitrogen and oxygen atoms in total. The molecule has 3 aromatic rings. The summed E-state index contributed by atoms with van der Waals surface area (Å²) < 4.78 is 6.37. The van der Waals surface area contributed by atoms with Gasteiger partial charge < -0.3 is 4.42 Å². The van der Waals surface area contributed by atoms with E-state index in [9.17, 15) is 4.79 Å². The Bertz CT molecular complexity index is 759. The van der Waals surface area contributed by atoms with Crippen LogP contribution in [0.1, 0.15) is 10.4 Å². The topological polar surface area (TPSA) is 68.9 Å². The van der Waals surface area contributed by atoms with E-state index < -0.39 is 0 Å². The van der Waals surface area contributed by atoms with Gasteiger partial charge in [-0.15, -0.1) is 10.2 Å². The molecule has 0 atom stereocenters. The Hall–Kier alpha value is -1.99.